The molecule has 0 saturated heterocycles. The van der Waals surface area contributed by atoms with E-state index in [9.17, 15) is 9.59 Å². The molecule has 0 saturated carbocycles. The summed E-state index contributed by atoms with van der Waals surface area (Å²) >= 11 is 1.25. The van der Waals surface area contributed by atoms with E-state index in [0.29, 0.717) is 16.4 Å². The summed E-state index contributed by atoms with van der Waals surface area (Å²) in [7, 11) is 1.32. The quantitative estimate of drug-likeness (QED) is 0.504. The first kappa shape index (κ1) is 19.6. The highest BCUT2D eigenvalue weighted by molar-refractivity contribution is 7.99. The monoisotopic (exact) mass is 397 g/mol. The lowest BCUT2D eigenvalue weighted by atomic mass is 10.1. The van der Waals surface area contributed by atoms with Gasteiger partial charge < -0.3 is 10.1 Å². The molecule has 0 aliphatic heterocycles. The first-order valence-electron chi connectivity index (χ1n) is 8.45. The van der Waals surface area contributed by atoms with Crippen molar-refractivity contribution < 1.29 is 14.3 Å². The van der Waals surface area contributed by atoms with Crippen molar-refractivity contribution in [3.8, 4) is 5.69 Å². The molecule has 8 nitrogen and oxygen atoms in total. The van der Waals surface area contributed by atoms with Crippen molar-refractivity contribution in [1.29, 1.82) is 0 Å². The average Bonchev–Trinajstić information content (AvgIpc) is 3.14. The van der Waals surface area contributed by atoms with Crippen molar-refractivity contribution in [1.82, 2.24) is 20.2 Å². The second kappa shape index (κ2) is 8.66. The van der Waals surface area contributed by atoms with Crippen molar-refractivity contribution in [2.75, 3.05) is 18.2 Å². The Labute approximate surface area is 166 Å². The number of nitrogens with zero attached hydrogens (tertiary/aromatic N) is 4. The van der Waals surface area contributed by atoms with Crippen LogP contribution in [0.25, 0.3) is 5.69 Å². The Morgan fingerprint density at radius 3 is 2.43 bits per heavy atom. The minimum atomic E-state index is -0.424. The molecule has 1 aromatic heterocycles. The topological polar surface area (TPSA) is 99.0 Å². The van der Waals surface area contributed by atoms with Crippen molar-refractivity contribution in [2.24, 2.45) is 0 Å². The van der Waals surface area contributed by atoms with Crippen molar-refractivity contribution in [3.05, 3.63) is 59.2 Å². The minimum Gasteiger partial charge on any atom is -0.465 e. The maximum absolute atomic E-state index is 12.3. The highest BCUT2D eigenvalue weighted by Gasteiger charge is 2.15. The van der Waals surface area contributed by atoms with Crippen LogP contribution in [0.1, 0.15) is 21.5 Å². The number of para-hydroxylation sites is 1. The van der Waals surface area contributed by atoms with Gasteiger partial charge in [-0.3, -0.25) is 4.79 Å². The summed E-state index contributed by atoms with van der Waals surface area (Å²) in [6, 6.07) is 12.4. The Bertz CT molecular complexity index is 981. The van der Waals surface area contributed by atoms with E-state index < -0.39 is 5.97 Å². The summed E-state index contributed by atoms with van der Waals surface area (Å²) < 4.78 is 6.30. The van der Waals surface area contributed by atoms with Crippen LogP contribution in [0, 0.1) is 13.8 Å². The Morgan fingerprint density at radius 1 is 1.11 bits per heavy atom. The highest BCUT2D eigenvalue weighted by atomic mass is 32.2. The van der Waals surface area contributed by atoms with Gasteiger partial charge in [0.15, 0.2) is 0 Å². The number of amides is 1. The molecule has 2 aromatic carbocycles. The molecule has 0 spiro atoms. The number of esters is 1. The molecule has 9 heteroatoms. The number of carbonyl (C=O) groups is 2. The molecule has 1 N–H and O–H groups in total. The van der Waals surface area contributed by atoms with Gasteiger partial charge in [0.05, 0.1) is 24.1 Å². The van der Waals surface area contributed by atoms with E-state index in [1.54, 1.807) is 28.9 Å². The molecular weight excluding hydrogens is 378 g/mol. The maximum atomic E-state index is 12.3. The standard InChI is InChI=1S/C19H19N5O3S/c1-12-5-4-6-13(2)17(12)24-19(21-22-23-24)28-11-16(25)20-15-9-7-14(8-10-15)18(26)27-3/h4-10H,11H2,1-3H3,(H,20,25). The van der Waals surface area contributed by atoms with Crippen molar-refractivity contribution in [3.63, 3.8) is 0 Å². The van der Waals surface area contributed by atoms with Crippen LogP contribution in [0.4, 0.5) is 5.69 Å². The third-order valence-electron chi connectivity index (χ3n) is 4.01. The van der Waals surface area contributed by atoms with Crippen molar-refractivity contribution in [2.45, 2.75) is 19.0 Å². The van der Waals surface area contributed by atoms with Gasteiger partial charge in [-0.2, -0.15) is 4.68 Å². The summed E-state index contributed by atoms with van der Waals surface area (Å²) in [6.07, 6.45) is 0. The molecule has 144 valence electrons. The number of tetrazole rings is 1. The summed E-state index contributed by atoms with van der Waals surface area (Å²) in [6.45, 7) is 3.98. The predicted octanol–water partition coefficient (Wildman–Crippen LogP) is 2.80. The lowest BCUT2D eigenvalue weighted by Crippen LogP contribution is -2.15. The number of carbonyl (C=O) groups excluding carboxylic acids is 2. The van der Waals surface area contributed by atoms with E-state index in [0.717, 1.165) is 16.8 Å². The molecule has 28 heavy (non-hydrogen) atoms. The molecule has 0 bridgehead atoms. The van der Waals surface area contributed by atoms with Gasteiger partial charge >= 0.3 is 5.97 Å². The minimum absolute atomic E-state index is 0.143. The first-order valence-corrected chi connectivity index (χ1v) is 9.44. The molecule has 0 unspecified atom stereocenters. The number of aryl methyl sites for hydroxylation is 2. The van der Waals surface area contributed by atoms with Crippen LogP contribution in [0.15, 0.2) is 47.6 Å². The number of aromatic nitrogens is 4. The molecule has 0 aliphatic carbocycles. The number of benzene rings is 2. The Hall–Kier alpha value is -3.20. The zero-order valence-corrected chi connectivity index (χ0v) is 16.5. The van der Waals surface area contributed by atoms with Crippen LogP contribution >= 0.6 is 11.8 Å². The molecule has 0 fully saturated rings. The van der Waals surface area contributed by atoms with E-state index in [-0.39, 0.29) is 11.7 Å². The third kappa shape index (κ3) is 4.37. The fourth-order valence-electron chi connectivity index (χ4n) is 2.68. The van der Waals surface area contributed by atoms with Crippen LogP contribution in [0.5, 0.6) is 0 Å². The predicted molar refractivity (Wildman–Crippen MR) is 106 cm³/mol. The van der Waals surface area contributed by atoms with Crippen LogP contribution in [-0.4, -0.2) is 44.9 Å². The van der Waals surface area contributed by atoms with Gasteiger partial charge in [-0.1, -0.05) is 30.0 Å². The molecule has 1 heterocycles. The molecule has 0 atom stereocenters. The Morgan fingerprint density at radius 2 is 1.79 bits per heavy atom. The molecular formula is C19H19N5O3S. The summed E-state index contributed by atoms with van der Waals surface area (Å²) in [5, 5.41) is 15.2. The van der Waals surface area contributed by atoms with Gasteiger partial charge in [0.25, 0.3) is 0 Å². The maximum Gasteiger partial charge on any atom is 0.337 e. The number of methoxy groups -OCH3 is 1. The normalized spacial score (nSPS) is 10.5. The van der Waals surface area contributed by atoms with Gasteiger partial charge in [-0.25, -0.2) is 4.79 Å². The zero-order chi connectivity index (χ0) is 20.1. The van der Waals surface area contributed by atoms with E-state index in [1.807, 2.05) is 32.0 Å². The van der Waals surface area contributed by atoms with E-state index in [4.69, 9.17) is 0 Å². The summed E-state index contributed by atoms with van der Waals surface area (Å²) in [4.78, 5) is 23.7. The van der Waals surface area contributed by atoms with Gasteiger partial charge in [-0.05, 0) is 59.7 Å². The van der Waals surface area contributed by atoms with Gasteiger partial charge in [-0.15, -0.1) is 5.10 Å². The molecule has 0 aliphatic rings. The number of anilines is 1. The van der Waals surface area contributed by atoms with Gasteiger partial charge in [0.1, 0.15) is 0 Å². The fourth-order valence-corrected chi connectivity index (χ4v) is 3.36. The Balaban J connectivity index is 1.65. The highest BCUT2D eigenvalue weighted by Crippen LogP contribution is 2.23. The van der Waals surface area contributed by atoms with Crippen LogP contribution in [0.3, 0.4) is 0 Å². The number of ether oxygens (including phenoxy) is 1. The lowest BCUT2D eigenvalue weighted by Gasteiger charge is -2.10. The van der Waals surface area contributed by atoms with Crippen LogP contribution in [-0.2, 0) is 9.53 Å². The molecule has 0 radical (unpaired) electrons. The fraction of sp³-hybridized carbons (Fsp3) is 0.211. The number of thioether (sulfide) groups is 1. The van der Waals surface area contributed by atoms with Crippen LogP contribution in [0.2, 0.25) is 0 Å². The number of rotatable bonds is 6. The Kier molecular flexibility index (Phi) is 6.05. The molecule has 3 aromatic rings. The average molecular weight is 397 g/mol. The first-order chi connectivity index (χ1) is 13.5. The smallest absolute Gasteiger partial charge is 0.337 e. The SMILES string of the molecule is COC(=O)c1ccc(NC(=O)CSc2nnnn2-c2c(C)cccc2C)cc1. The largest absolute Gasteiger partial charge is 0.465 e. The zero-order valence-electron chi connectivity index (χ0n) is 15.7. The van der Waals surface area contributed by atoms with Gasteiger partial charge in [0.2, 0.25) is 11.1 Å². The second-order valence-electron chi connectivity index (χ2n) is 6.02. The lowest BCUT2D eigenvalue weighted by molar-refractivity contribution is -0.113. The molecule has 1 amide bonds. The van der Waals surface area contributed by atoms with Gasteiger partial charge in [0, 0.05) is 5.69 Å². The summed E-state index contributed by atoms with van der Waals surface area (Å²) in [5.74, 6) is -0.483. The number of hydrogen-bond acceptors (Lipinski definition) is 7. The van der Waals surface area contributed by atoms with E-state index in [1.165, 1.54) is 18.9 Å². The second-order valence-corrected chi connectivity index (χ2v) is 6.96. The number of nitrogens with one attached hydrogen (secondary N) is 1. The summed E-state index contributed by atoms with van der Waals surface area (Å²) in [5.41, 5.74) is 4.01. The third-order valence-corrected chi connectivity index (χ3v) is 4.93. The van der Waals surface area contributed by atoms with E-state index in [2.05, 4.69) is 25.6 Å². The molecule has 3 rings (SSSR count). The van der Waals surface area contributed by atoms with Crippen molar-refractivity contribution >= 4 is 29.3 Å². The number of hydrogen-bond donors (Lipinski definition) is 1. The van der Waals surface area contributed by atoms with E-state index >= 15 is 0 Å². The van der Waals surface area contributed by atoms with Crippen LogP contribution < -0.4 is 5.32 Å².